The van der Waals surface area contributed by atoms with Crippen LogP contribution in [0.3, 0.4) is 0 Å². The molecule has 90 valence electrons. The molecule has 1 aromatic rings. The maximum atomic E-state index is 10.7. The molecule has 1 heterocycles. The van der Waals surface area contributed by atoms with Crippen molar-refractivity contribution in [3.05, 3.63) is 23.8 Å². The third kappa shape index (κ3) is 5.52. The van der Waals surface area contributed by atoms with E-state index in [2.05, 4.69) is 16.5 Å². The Bertz CT molecular complexity index is 341. The van der Waals surface area contributed by atoms with Crippen LogP contribution in [0.2, 0.25) is 0 Å². The summed E-state index contributed by atoms with van der Waals surface area (Å²) < 4.78 is 0. The monoisotopic (exact) mass is 246 g/mol. The number of carbonyl (C=O) groups is 1. The Morgan fingerprint density at radius 2 is 2.00 bits per heavy atom. The number of nitrogens with zero attached hydrogens (tertiary/aromatic N) is 1. The van der Waals surface area contributed by atoms with Gasteiger partial charge in [0.2, 0.25) is 0 Å². The summed E-state index contributed by atoms with van der Waals surface area (Å²) in [7, 11) is 0. The first-order chi connectivity index (χ1) is 7.56. The molecule has 0 saturated carbocycles. The Hall–Kier alpha value is -0.580. The molecule has 0 radical (unpaired) electrons. The molecule has 1 aromatic heterocycles. The second-order valence-electron chi connectivity index (χ2n) is 3.22. The molecule has 0 fully saturated rings. The summed E-state index contributed by atoms with van der Waals surface area (Å²) in [5, 5.41) is 10.7. The Balaban J connectivity index is 0. The molecule has 1 N–H and O–H groups in total. The van der Waals surface area contributed by atoms with E-state index < -0.39 is 5.97 Å². The number of hydrogen-bond acceptors (Lipinski definition) is 3. The molecule has 5 heteroatoms. The zero-order valence-corrected chi connectivity index (χ0v) is 13.4. The predicted molar refractivity (Wildman–Crippen MR) is 63.0 cm³/mol. The number of carbonyl (C=O) groups excluding carboxylic acids is 1. The molecule has 17 heavy (non-hydrogen) atoms. The Morgan fingerprint density at radius 3 is 2.29 bits per heavy atom. The third-order valence-electron chi connectivity index (χ3n) is 1.85. The minimum absolute atomic E-state index is 0. The van der Waals surface area contributed by atoms with Crippen molar-refractivity contribution in [3.63, 3.8) is 0 Å². The molecule has 0 aliphatic rings. The average molecular weight is 246 g/mol. The largest absolute Gasteiger partial charge is 1.00 e. The minimum Gasteiger partial charge on any atom is -0.543 e. The molecule has 4 nitrogen and oxygen atoms in total. The molecular weight excluding hydrogens is 227 g/mol. The van der Waals surface area contributed by atoms with Crippen LogP contribution >= 0.6 is 0 Å². The molecule has 0 aromatic carbocycles. The van der Waals surface area contributed by atoms with E-state index in [0.717, 1.165) is 12.8 Å². The molecular formula is C12H19N2NaO2. The van der Waals surface area contributed by atoms with Crippen molar-refractivity contribution in [1.82, 2.24) is 9.97 Å². The zero-order chi connectivity index (χ0) is 12.7. The quantitative estimate of drug-likeness (QED) is 0.678. The summed E-state index contributed by atoms with van der Waals surface area (Å²) in [6, 6.07) is 0. The van der Waals surface area contributed by atoms with Crippen molar-refractivity contribution in [1.29, 1.82) is 0 Å². The van der Waals surface area contributed by atoms with Gasteiger partial charge < -0.3 is 14.9 Å². The summed E-state index contributed by atoms with van der Waals surface area (Å²) in [4.78, 5) is 17.6. The summed E-state index contributed by atoms with van der Waals surface area (Å²) in [6.07, 6.45) is 1.64. The minimum atomic E-state index is -1.24. The van der Waals surface area contributed by atoms with E-state index in [1.807, 2.05) is 20.8 Å². The molecule has 0 atom stereocenters. The van der Waals surface area contributed by atoms with E-state index in [0.29, 0.717) is 17.1 Å². The molecule has 0 unspecified atom stereocenters. The Labute approximate surface area is 125 Å². The number of carboxylic acid groups (broad SMARTS) is 1. The van der Waals surface area contributed by atoms with Crippen molar-refractivity contribution in [2.45, 2.75) is 40.5 Å². The standard InChI is InChI=1S/C10H14N2O2.C2H6.Na/c1-4-5-7-11-8(6(2)3)9(12-7)10(13)14;1-2;/h2,4-5H2,1,3H3,(H,11,12)(H,13,14);1-2H3;/q;;+1/p-1. The first-order valence-electron chi connectivity index (χ1n) is 5.52. The molecule has 0 spiro atoms. The van der Waals surface area contributed by atoms with Gasteiger partial charge in [-0.1, -0.05) is 27.4 Å². The fraction of sp³-hybridized carbons (Fsp3) is 0.500. The van der Waals surface area contributed by atoms with Gasteiger partial charge in [-0.15, -0.1) is 0 Å². The van der Waals surface area contributed by atoms with E-state index in [1.165, 1.54) is 0 Å². The van der Waals surface area contributed by atoms with Crippen LogP contribution in [0.25, 0.3) is 5.57 Å². The van der Waals surface area contributed by atoms with Crippen molar-refractivity contribution in [2.75, 3.05) is 0 Å². The first-order valence-corrected chi connectivity index (χ1v) is 5.52. The van der Waals surface area contributed by atoms with Crippen LogP contribution in [0.4, 0.5) is 0 Å². The maximum Gasteiger partial charge on any atom is 1.00 e. The van der Waals surface area contributed by atoms with Crippen LogP contribution < -0.4 is 34.7 Å². The topological polar surface area (TPSA) is 68.8 Å². The van der Waals surface area contributed by atoms with E-state index >= 15 is 0 Å². The summed E-state index contributed by atoms with van der Waals surface area (Å²) in [5.74, 6) is -0.567. The van der Waals surface area contributed by atoms with Gasteiger partial charge in [0.1, 0.15) is 5.82 Å². The number of rotatable bonds is 4. The number of hydrogen-bond donors (Lipinski definition) is 1. The van der Waals surface area contributed by atoms with Gasteiger partial charge in [0.05, 0.1) is 17.4 Å². The van der Waals surface area contributed by atoms with Crippen LogP contribution in [-0.4, -0.2) is 15.9 Å². The molecule has 0 amide bonds. The zero-order valence-electron chi connectivity index (χ0n) is 11.4. The number of aromatic amines is 1. The van der Waals surface area contributed by atoms with Crippen molar-refractivity contribution < 1.29 is 39.5 Å². The van der Waals surface area contributed by atoms with Gasteiger partial charge >= 0.3 is 29.6 Å². The number of aryl methyl sites for hydroxylation is 1. The molecule has 1 rings (SSSR count). The molecule has 0 saturated heterocycles. The Morgan fingerprint density at radius 1 is 1.47 bits per heavy atom. The summed E-state index contributed by atoms with van der Waals surface area (Å²) in [5.41, 5.74) is 1.05. The van der Waals surface area contributed by atoms with Gasteiger partial charge in [-0.2, -0.15) is 0 Å². The van der Waals surface area contributed by atoms with Crippen LogP contribution in [-0.2, 0) is 6.42 Å². The summed E-state index contributed by atoms with van der Waals surface area (Å²) >= 11 is 0. The number of allylic oxidation sites excluding steroid dienone is 1. The van der Waals surface area contributed by atoms with E-state index in [9.17, 15) is 9.90 Å². The van der Waals surface area contributed by atoms with Gasteiger partial charge in [-0.05, 0) is 18.9 Å². The van der Waals surface area contributed by atoms with Crippen LogP contribution in [0.1, 0.15) is 56.1 Å². The fourth-order valence-electron chi connectivity index (χ4n) is 1.23. The number of aromatic nitrogens is 2. The number of nitrogens with one attached hydrogen (secondary N) is 1. The van der Waals surface area contributed by atoms with Gasteiger partial charge in [-0.25, -0.2) is 4.98 Å². The van der Waals surface area contributed by atoms with E-state index in [-0.39, 0.29) is 35.3 Å². The maximum absolute atomic E-state index is 10.7. The van der Waals surface area contributed by atoms with Crippen molar-refractivity contribution in [2.24, 2.45) is 0 Å². The smallest absolute Gasteiger partial charge is 0.543 e. The van der Waals surface area contributed by atoms with Crippen molar-refractivity contribution in [3.8, 4) is 0 Å². The van der Waals surface area contributed by atoms with Crippen molar-refractivity contribution >= 4 is 11.5 Å². The number of aromatic carboxylic acids is 1. The van der Waals surface area contributed by atoms with Gasteiger partial charge in [0.25, 0.3) is 0 Å². The van der Waals surface area contributed by atoms with E-state index in [1.54, 1.807) is 6.92 Å². The number of imidazole rings is 1. The third-order valence-corrected chi connectivity index (χ3v) is 1.85. The number of carboxylic acids is 1. The van der Waals surface area contributed by atoms with Gasteiger partial charge in [-0.3, -0.25) is 0 Å². The second-order valence-corrected chi connectivity index (χ2v) is 3.22. The predicted octanol–water partition coefficient (Wildman–Crippen LogP) is -1.21. The normalized spacial score (nSPS) is 8.71. The molecule has 0 aliphatic heterocycles. The average Bonchev–Trinajstić information content (AvgIpc) is 2.66. The summed E-state index contributed by atoms with van der Waals surface area (Å²) in [6.45, 7) is 11.4. The van der Waals surface area contributed by atoms with Crippen LogP contribution in [0.15, 0.2) is 6.58 Å². The van der Waals surface area contributed by atoms with Crippen LogP contribution in [0, 0.1) is 0 Å². The van der Waals surface area contributed by atoms with Crippen LogP contribution in [0.5, 0.6) is 0 Å². The SMILES string of the molecule is C=C(C)c1nc(CCC)[nH]c1C(=O)[O-].CC.[Na+]. The first kappa shape index (κ1) is 18.8. The fourth-order valence-corrected chi connectivity index (χ4v) is 1.23. The van der Waals surface area contributed by atoms with E-state index in [4.69, 9.17) is 0 Å². The molecule has 0 bridgehead atoms. The molecule has 0 aliphatic carbocycles. The van der Waals surface area contributed by atoms with Gasteiger partial charge in [0.15, 0.2) is 0 Å². The van der Waals surface area contributed by atoms with Gasteiger partial charge in [0, 0.05) is 6.42 Å². The Kier molecular flexibility index (Phi) is 10.4. The number of H-pyrrole nitrogens is 1. The second kappa shape index (κ2) is 9.45.